The van der Waals surface area contributed by atoms with E-state index in [4.69, 9.17) is 4.74 Å². The molecule has 10 heteroatoms. The number of benzene rings is 1. The van der Waals surface area contributed by atoms with Gasteiger partial charge in [0, 0.05) is 37.6 Å². The van der Waals surface area contributed by atoms with Crippen molar-refractivity contribution >= 4 is 17.1 Å². The topological polar surface area (TPSA) is 96.5 Å². The molecule has 1 amide bonds. The Morgan fingerprint density at radius 2 is 1.69 bits per heavy atom. The molecule has 1 saturated heterocycles. The normalized spacial score (nSPS) is 19.7. The highest BCUT2D eigenvalue weighted by Gasteiger charge is 2.37. The number of carbonyl (C=O) groups is 1. The molecule has 2 aromatic rings. The van der Waals surface area contributed by atoms with Gasteiger partial charge in [0.2, 0.25) is 0 Å². The first-order chi connectivity index (χ1) is 16.2. The number of carbonyl (C=O) groups excluding carboxylic acids is 1. The largest absolute Gasteiger partial charge is 0.444 e. The minimum atomic E-state index is -1.42. The van der Waals surface area contributed by atoms with Crippen molar-refractivity contribution in [1.29, 1.82) is 0 Å². The number of amides is 1. The molecule has 2 N–H and O–H groups in total. The molecule has 2 unspecified atom stereocenters. The van der Waals surface area contributed by atoms with Gasteiger partial charge >= 0.3 is 6.09 Å². The van der Waals surface area contributed by atoms with Gasteiger partial charge in [-0.1, -0.05) is 12.1 Å². The summed E-state index contributed by atoms with van der Waals surface area (Å²) in [4.78, 5) is 23.6. The Balaban J connectivity index is 1.95. The quantitative estimate of drug-likeness (QED) is 0.642. The van der Waals surface area contributed by atoms with Crippen LogP contribution in [-0.2, 0) is 21.3 Å². The second kappa shape index (κ2) is 10.3. The fourth-order valence-corrected chi connectivity index (χ4v) is 4.56. The molecule has 0 bridgehead atoms. The molecule has 1 aromatic heterocycles. The lowest BCUT2D eigenvalue weighted by Crippen LogP contribution is -2.50. The van der Waals surface area contributed by atoms with Crippen molar-refractivity contribution in [3.8, 4) is 0 Å². The number of aromatic nitrogens is 2. The smallest absolute Gasteiger partial charge is 0.411 e. The Morgan fingerprint density at radius 3 is 2.23 bits per heavy atom. The molecule has 0 radical (unpaired) electrons. The molecule has 3 atom stereocenters. The van der Waals surface area contributed by atoms with E-state index < -0.39 is 33.0 Å². The van der Waals surface area contributed by atoms with Crippen LogP contribution in [0.3, 0.4) is 0 Å². The molecule has 0 saturated carbocycles. The first-order valence-corrected chi connectivity index (χ1v) is 12.8. The van der Waals surface area contributed by atoms with E-state index in [1.807, 2.05) is 48.5 Å². The molecule has 2 heterocycles. The van der Waals surface area contributed by atoms with Gasteiger partial charge in [0.25, 0.3) is 0 Å². The van der Waals surface area contributed by atoms with Gasteiger partial charge in [-0.2, -0.15) is 0 Å². The number of nitrogens with one attached hydrogen (secondary N) is 2. The summed E-state index contributed by atoms with van der Waals surface area (Å²) in [5, 5.41) is 3.28. The fourth-order valence-electron chi connectivity index (χ4n) is 3.65. The lowest BCUT2D eigenvalue weighted by atomic mass is 9.87. The van der Waals surface area contributed by atoms with Crippen molar-refractivity contribution in [3.63, 3.8) is 0 Å². The van der Waals surface area contributed by atoms with Crippen LogP contribution in [0.1, 0.15) is 71.5 Å². The van der Waals surface area contributed by atoms with Crippen LogP contribution in [0.4, 0.5) is 9.18 Å². The third kappa shape index (κ3) is 6.62. The van der Waals surface area contributed by atoms with Crippen LogP contribution in [-0.4, -0.2) is 55.2 Å². The maximum atomic E-state index is 13.6. The first-order valence-electron chi connectivity index (χ1n) is 11.7. The van der Waals surface area contributed by atoms with Gasteiger partial charge in [0.1, 0.15) is 17.5 Å². The number of hydrogen-bond donors (Lipinski definition) is 2. The Hall–Kier alpha value is -2.43. The standard InChI is InChI=1S/C25H36FN5O3S/c1-23(2,3)34-22(32)31-13-12-27-16-20(31)21-28-14-18(15-29-21)25(7,30-35(33)24(4,5)6)17-8-10-19(26)11-9-17/h8-11,14-15,20,27,30H,12-13,16H2,1-7H3/t20?,25-,35?/m0/s1. The number of nitrogens with zero attached hydrogens (tertiary/aromatic N) is 3. The van der Waals surface area contributed by atoms with Gasteiger partial charge in [-0.05, 0) is 66.2 Å². The molecule has 3 rings (SSSR count). The van der Waals surface area contributed by atoms with Crippen LogP contribution in [0.5, 0.6) is 0 Å². The molecular weight excluding hydrogens is 469 g/mol. The molecule has 8 nitrogen and oxygen atoms in total. The van der Waals surface area contributed by atoms with Crippen molar-refractivity contribution in [2.75, 3.05) is 19.6 Å². The highest BCUT2D eigenvalue weighted by atomic mass is 32.2. The summed E-state index contributed by atoms with van der Waals surface area (Å²) in [7, 11) is -1.42. The van der Waals surface area contributed by atoms with E-state index in [0.29, 0.717) is 31.0 Å². The minimum absolute atomic E-state index is 0.355. The number of hydrogen-bond acceptors (Lipinski definition) is 6. The monoisotopic (exact) mass is 505 g/mol. The molecule has 0 aliphatic carbocycles. The summed E-state index contributed by atoms with van der Waals surface area (Å²) in [6.45, 7) is 14.6. The van der Waals surface area contributed by atoms with Crippen molar-refractivity contribution in [2.24, 2.45) is 0 Å². The maximum absolute atomic E-state index is 13.6. The molecule has 1 aliphatic rings. The number of piperazine rings is 1. The van der Waals surface area contributed by atoms with E-state index in [9.17, 15) is 13.4 Å². The van der Waals surface area contributed by atoms with E-state index in [1.165, 1.54) is 12.1 Å². The molecule has 1 aromatic carbocycles. The summed E-state index contributed by atoms with van der Waals surface area (Å²) < 4.78 is 35.0. The summed E-state index contributed by atoms with van der Waals surface area (Å²) in [5.74, 6) is 0.122. The Kier molecular flexibility index (Phi) is 7.98. The number of rotatable bonds is 5. The van der Waals surface area contributed by atoms with Crippen molar-refractivity contribution < 1.29 is 18.1 Å². The predicted molar refractivity (Wildman–Crippen MR) is 134 cm³/mol. The summed E-state index contributed by atoms with van der Waals surface area (Å²) >= 11 is 0. The van der Waals surface area contributed by atoms with E-state index in [1.54, 1.807) is 29.4 Å². The molecule has 1 fully saturated rings. The van der Waals surface area contributed by atoms with Crippen molar-refractivity contribution in [3.05, 3.63) is 59.4 Å². The van der Waals surface area contributed by atoms with Gasteiger partial charge < -0.3 is 10.1 Å². The van der Waals surface area contributed by atoms with Crippen LogP contribution in [0.15, 0.2) is 36.7 Å². The van der Waals surface area contributed by atoms with E-state index in [-0.39, 0.29) is 11.9 Å². The second-order valence-electron chi connectivity index (χ2n) is 10.8. The predicted octanol–water partition coefficient (Wildman–Crippen LogP) is 3.81. The third-order valence-corrected chi connectivity index (χ3v) is 7.40. The van der Waals surface area contributed by atoms with Crippen LogP contribution >= 0.6 is 0 Å². The van der Waals surface area contributed by atoms with Crippen LogP contribution in [0.2, 0.25) is 0 Å². The van der Waals surface area contributed by atoms with Gasteiger partial charge in [-0.3, -0.25) is 4.90 Å². The Labute approximate surface area is 209 Å². The molecular formula is C25H36FN5O3S. The van der Waals surface area contributed by atoms with Crippen molar-refractivity contribution in [2.45, 2.75) is 70.4 Å². The van der Waals surface area contributed by atoms with Crippen LogP contribution in [0.25, 0.3) is 0 Å². The molecule has 192 valence electrons. The molecule has 1 aliphatic heterocycles. The van der Waals surface area contributed by atoms with Gasteiger partial charge in [0.05, 0.1) is 21.3 Å². The van der Waals surface area contributed by atoms with Crippen LogP contribution in [0, 0.1) is 5.82 Å². The third-order valence-electron chi connectivity index (χ3n) is 5.69. The average molecular weight is 506 g/mol. The lowest BCUT2D eigenvalue weighted by Gasteiger charge is -2.37. The number of halogens is 1. The summed E-state index contributed by atoms with van der Waals surface area (Å²) in [6, 6.07) is 5.67. The zero-order valence-electron chi connectivity index (χ0n) is 21.5. The summed E-state index contributed by atoms with van der Waals surface area (Å²) in [6.07, 6.45) is 2.93. The molecule has 0 spiro atoms. The molecule has 35 heavy (non-hydrogen) atoms. The van der Waals surface area contributed by atoms with Gasteiger partial charge in [-0.15, -0.1) is 0 Å². The van der Waals surface area contributed by atoms with E-state index >= 15 is 0 Å². The lowest BCUT2D eigenvalue weighted by molar-refractivity contribution is 0.0108. The zero-order chi connectivity index (χ0) is 26.0. The Morgan fingerprint density at radius 1 is 1.09 bits per heavy atom. The SMILES string of the molecule is CC(C)(C)OC(=O)N1CCNCC1c1ncc([C@@](C)(NS(=O)C(C)(C)C)c2ccc(F)cc2)cn1. The maximum Gasteiger partial charge on any atom is 0.411 e. The van der Waals surface area contributed by atoms with Gasteiger partial charge in [0.15, 0.2) is 5.82 Å². The number of ether oxygens (including phenoxy) is 1. The summed E-state index contributed by atoms with van der Waals surface area (Å²) in [5.41, 5.74) is -0.164. The highest BCUT2D eigenvalue weighted by molar-refractivity contribution is 7.84. The van der Waals surface area contributed by atoms with E-state index in [0.717, 1.165) is 5.56 Å². The average Bonchev–Trinajstić information content (AvgIpc) is 2.77. The van der Waals surface area contributed by atoms with E-state index in [2.05, 4.69) is 20.0 Å². The van der Waals surface area contributed by atoms with Crippen LogP contribution < -0.4 is 10.0 Å². The first kappa shape index (κ1) is 27.2. The fraction of sp³-hybridized carbons (Fsp3) is 0.560. The zero-order valence-corrected chi connectivity index (χ0v) is 22.3. The van der Waals surface area contributed by atoms with Crippen molar-refractivity contribution in [1.82, 2.24) is 24.9 Å². The van der Waals surface area contributed by atoms with Gasteiger partial charge in [-0.25, -0.2) is 28.1 Å². The second-order valence-corrected chi connectivity index (χ2v) is 12.8. The Bertz CT molecular complexity index is 1050. The highest BCUT2D eigenvalue weighted by Crippen LogP contribution is 2.31. The minimum Gasteiger partial charge on any atom is -0.444 e.